The SMILES string of the molecule is CCCNC(=O)[C@H](C)NC(=O)COc1c(C)cc(Cl)cc1C. The van der Waals surface area contributed by atoms with E-state index in [9.17, 15) is 9.59 Å². The maximum atomic E-state index is 11.9. The summed E-state index contributed by atoms with van der Waals surface area (Å²) in [5.74, 6) is 0.101. The van der Waals surface area contributed by atoms with Gasteiger partial charge in [0.15, 0.2) is 6.61 Å². The number of hydrogen-bond acceptors (Lipinski definition) is 3. The van der Waals surface area contributed by atoms with Crippen LogP contribution in [0.4, 0.5) is 0 Å². The fourth-order valence-corrected chi connectivity index (χ4v) is 2.34. The lowest BCUT2D eigenvalue weighted by Gasteiger charge is -2.15. The van der Waals surface area contributed by atoms with Crippen LogP contribution in [0.3, 0.4) is 0 Å². The van der Waals surface area contributed by atoms with E-state index in [2.05, 4.69) is 10.6 Å². The van der Waals surface area contributed by atoms with Gasteiger partial charge < -0.3 is 15.4 Å². The molecule has 0 radical (unpaired) electrons. The van der Waals surface area contributed by atoms with Gasteiger partial charge in [0.2, 0.25) is 5.91 Å². The summed E-state index contributed by atoms with van der Waals surface area (Å²) in [6.07, 6.45) is 0.852. The molecule has 0 fully saturated rings. The largest absolute Gasteiger partial charge is 0.483 e. The number of ether oxygens (including phenoxy) is 1. The minimum absolute atomic E-state index is 0.144. The summed E-state index contributed by atoms with van der Waals surface area (Å²) >= 11 is 5.95. The molecule has 0 spiro atoms. The van der Waals surface area contributed by atoms with Crippen molar-refractivity contribution >= 4 is 23.4 Å². The molecule has 6 heteroatoms. The van der Waals surface area contributed by atoms with Gasteiger partial charge >= 0.3 is 0 Å². The summed E-state index contributed by atoms with van der Waals surface area (Å²) in [5, 5.41) is 5.97. The van der Waals surface area contributed by atoms with E-state index in [0.717, 1.165) is 17.5 Å². The van der Waals surface area contributed by atoms with Gasteiger partial charge in [-0.05, 0) is 50.5 Å². The van der Waals surface area contributed by atoms with Crippen LogP contribution in [0.1, 0.15) is 31.4 Å². The van der Waals surface area contributed by atoms with Crippen molar-refractivity contribution in [3.8, 4) is 5.75 Å². The minimum atomic E-state index is -0.588. The smallest absolute Gasteiger partial charge is 0.258 e. The minimum Gasteiger partial charge on any atom is -0.483 e. The predicted octanol–water partition coefficient (Wildman–Crippen LogP) is 2.37. The molecule has 0 saturated carbocycles. The van der Waals surface area contributed by atoms with Crippen LogP contribution in [0.25, 0.3) is 0 Å². The lowest BCUT2D eigenvalue weighted by molar-refractivity contribution is -0.129. The van der Waals surface area contributed by atoms with Crippen molar-refractivity contribution < 1.29 is 14.3 Å². The Bertz CT molecular complexity index is 523. The predicted molar refractivity (Wildman–Crippen MR) is 87.3 cm³/mol. The van der Waals surface area contributed by atoms with Gasteiger partial charge in [0.1, 0.15) is 11.8 Å². The standard InChI is InChI=1S/C16H23ClN2O3/c1-5-6-18-16(21)12(4)19-14(20)9-22-15-10(2)7-13(17)8-11(15)3/h7-8,12H,5-6,9H2,1-4H3,(H,18,21)(H,19,20)/t12-/m0/s1. The van der Waals surface area contributed by atoms with Gasteiger partial charge in [0.25, 0.3) is 5.91 Å². The Morgan fingerprint density at radius 1 is 1.27 bits per heavy atom. The molecule has 2 N–H and O–H groups in total. The summed E-state index contributed by atoms with van der Waals surface area (Å²) < 4.78 is 5.54. The van der Waals surface area contributed by atoms with Gasteiger partial charge in [-0.15, -0.1) is 0 Å². The van der Waals surface area contributed by atoms with Crippen molar-refractivity contribution in [3.05, 3.63) is 28.3 Å². The Morgan fingerprint density at radius 3 is 2.41 bits per heavy atom. The third-order valence-corrected chi connectivity index (χ3v) is 3.31. The van der Waals surface area contributed by atoms with Crippen molar-refractivity contribution in [2.75, 3.05) is 13.2 Å². The first kappa shape index (κ1) is 18.3. The fraction of sp³-hybridized carbons (Fsp3) is 0.500. The Balaban J connectivity index is 2.51. The zero-order valence-corrected chi connectivity index (χ0v) is 14.2. The molecule has 1 aromatic rings. The van der Waals surface area contributed by atoms with E-state index in [-0.39, 0.29) is 18.4 Å². The molecule has 0 aromatic heterocycles. The molecular weight excluding hydrogens is 304 g/mol. The molecule has 1 aromatic carbocycles. The number of carbonyl (C=O) groups is 2. The van der Waals surface area contributed by atoms with E-state index in [1.165, 1.54) is 0 Å². The first-order valence-corrected chi connectivity index (χ1v) is 7.69. The third kappa shape index (κ3) is 5.56. The maximum Gasteiger partial charge on any atom is 0.258 e. The second kappa shape index (κ2) is 8.63. The number of benzene rings is 1. The van der Waals surface area contributed by atoms with Crippen molar-refractivity contribution in [2.45, 2.75) is 40.2 Å². The Labute approximate surface area is 136 Å². The van der Waals surface area contributed by atoms with Crippen LogP contribution in [-0.2, 0) is 9.59 Å². The van der Waals surface area contributed by atoms with E-state index >= 15 is 0 Å². The zero-order valence-electron chi connectivity index (χ0n) is 13.5. The fourth-order valence-electron chi connectivity index (χ4n) is 2.01. The lowest BCUT2D eigenvalue weighted by Crippen LogP contribution is -2.46. The first-order valence-electron chi connectivity index (χ1n) is 7.31. The number of halogens is 1. The molecular formula is C16H23ClN2O3. The summed E-state index contributed by atoms with van der Waals surface area (Å²) in [5.41, 5.74) is 1.73. The second-order valence-corrected chi connectivity index (χ2v) is 5.67. The van der Waals surface area contributed by atoms with E-state index in [4.69, 9.17) is 16.3 Å². The molecule has 1 atom stereocenters. The molecule has 0 unspecified atom stereocenters. The van der Waals surface area contributed by atoms with E-state index in [1.807, 2.05) is 20.8 Å². The van der Waals surface area contributed by atoms with Crippen molar-refractivity contribution in [3.63, 3.8) is 0 Å². The van der Waals surface area contributed by atoms with E-state index in [0.29, 0.717) is 17.3 Å². The number of amides is 2. The summed E-state index contributed by atoms with van der Waals surface area (Å²) in [6.45, 7) is 7.79. The Hall–Kier alpha value is -1.75. The molecule has 2 amide bonds. The molecule has 0 bridgehead atoms. The van der Waals surface area contributed by atoms with Gasteiger partial charge in [-0.2, -0.15) is 0 Å². The van der Waals surface area contributed by atoms with Crippen LogP contribution in [0.2, 0.25) is 5.02 Å². The average molecular weight is 327 g/mol. The van der Waals surface area contributed by atoms with E-state index < -0.39 is 6.04 Å². The van der Waals surface area contributed by atoms with Crippen LogP contribution in [0, 0.1) is 13.8 Å². The number of nitrogens with one attached hydrogen (secondary N) is 2. The summed E-state index contributed by atoms with van der Waals surface area (Å²) in [4.78, 5) is 23.5. The van der Waals surface area contributed by atoms with Crippen molar-refractivity contribution in [1.82, 2.24) is 10.6 Å². The number of aryl methyl sites for hydroxylation is 2. The molecule has 0 saturated heterocycles. The van der Waals surface area contributed by atoms with Crippen LogP contribution in [-0.4, -0.2) is 31.0 Å². The number of rotatable bonds is 7. The van der Waals surface area contributed by atoms with E-state index in [1.54, 1.807) is 19.1 Å². The number of hydrogen-bond donors (Lipinski definition) is 2. The molecule has 0 aliphatic rings. The van der Waals surface area contributed by atoms with Gasteiger partial charge in [-0.25, -0.2) is 0 Å². The third-order valence-electron chi connectivity index (χ3n) is 3.09. The molecule has 0 heterocycles. The first-order chi connectivity index (χ1) is 10.3. The molecule has 0 aliphatic heterocycles. The highest BCUT2D eigenvalue weighted by Crippen LogP contribution is 2.26. The molecule has 0 aliphatic carbocycles. The van der Waals surface area contributed by atoms with Crippen LogP contribution < -0.4 is 15.4 Å². The van der Waals surface area contributed by atoms with Gasteiger partial charge in [-0.3, -0.25) is 9.59 Å². The lowest BCUT2D eigenvalue weighted by atomic mass is 10.1. The molecule has 122 valence electrons. The molecule has 22 heavy (non-hydrogen) atoms. The normalized spacial score (nSPS) is 11.7. The quantitative estimate of drug-likeness (QED) is 0.808. The van der Waals surface area contributed by atoms with Crippen molar-refractivity contribution in [1.29, 1.82) is 0 Å². The average Bonchev–Trinajstić information content (AvgIpc) is 2.43. The second-order valence-electron chi connectivity index (χ2n) is 5.24. The number of carbonyl (C=O) groups excluding carboxylic acids is 2. The van der Waals surface area contributed by atoms with Crippen LogP contribution >= 0.6 is 11.6 Å². The highest BCUT2D eigenvalue weighted by atomic mass is 35.5. The van der Waals surface area contributed by atoms with Gasteiger partial charge in [0, 0.05) is 11.6 Å². The zero-order chi connectivity index (χ0) is 16.7. The van der Waals surface area contributed by atoms with Crippen LogP contribution in [0.5, 0.6) is 5.75 Å². The Morgan fingerprint density at radius 2 is 1.86 bits per heavy atom. The summed E-state index contributed by atoms with van der Waals surface area (Å²) in [6, 6.07) is 2.97. The highest BCUT2D eigenvalue weighted by molar-refractivity contribution is 6.30. The topological polar surface area (TPSA) is 67.4 Å². The van der Waals surface area contributed by atoms with Gasteiger partial charge in [-0.1, -0.05) is 18.5 Å². The summed E-state index contributed by atoms with van der Waals surface area (Å²) in [7, 11) is 0. The van der Waals surface area contributed by atoms with Crippen molar-refractivity contribution in [2.24, 2.45) is 0 Å². The molecule has 5 nitrogen and oxygen atoms in total. The highest BCUT2D eigenvalue weighted by Gasteiger charge is 2.16. The molecule has 1 rings (SSSR count). The Kier molecular flexibility index (Phi) is 7.18. The monoisotopic (exact) mass is 326 g/mol. The van der Waals surface area contributed by atoms with Gasteiger partial charge in [0.05, 0.1) is 0 Å². The maximum absolute atomic E-state index is 11.9. The van der Waals surface area contributed by atoms with Crippen LogP contribution in [0.15, 0.2) is 12.1 Å².